The molecule has 7 nitrogen and oxygen atoms in total. The maximum atomic E-state index is 12.7. The highest BCUT2D eigenvalue weighted by Crippen LogP contribution is 2.32. The van der Waals surface area contributed by atoms with Crippen LogP contribution in [0.4, 0.5) is 11.4 Å². The highest BCUT2D eigenvalue weighted by molar-refractivity contribution is 7.92. The highest BCUT2D eigenvalue weighted by Gasteiger charge is 2.24. The van der Waals surface area contributed by atoms with Crippen LogP contribution in [0.2, 0.25) is 0 Å². The number of hydrogen-bond acceptors (Lipinski definition) is 5. The first-order valence-corrected chi connectivity index (χ1v) is 10.3. The van der Waals surface area contributed by atoms with Gasteiger partial charge in [-0.25, -0.2) is 8.42 Å². The average Bonchev–Trinajstić information content (AvgIpc) is 2.66. The number of benzene rings is 2. The first-order chi connectivity index (χ1) is 12.8. The van der Waals surface area contributed by atoms with Gasteiger partial charge in [0.05, 0.1) is 31.9 Å². The molecule has 144 valence electrons. The SMILES string of the molecule is COc1ccc(OC)c(NC(=O)c2ccc3c(c2)CCCN3S(C)(=O)=O)c1. The van der Waals surface area contributed by atoms with Gasteiger partial charge in [-0.3, -0.25) is 9.10 Å². The summed E-state index contributed by atoms with van der Waals surface area (Å²) >= 11 is 0. The van der Waals surface area contributed by atoms with Crippen LogP contribution in [0.1, 0.15) is 22.3 Å². The van der Waals surface area contributed by atoms with Crippen LogP contribution in [-0.2, 0) is 16.4 Å². The molecule has 2 aromatic carbocycles. The number of rotatable bonds is 5. The molecule has 0 aliphatic carbocycles. The van der Waals surface area contributed by atoms with Crippen molar-refractivity contribution in [2.45, 2.75) is 12.8 Å². The van der Waals surface area contributed by atoms with Crippen LogP contribution in [0.5, 0.6) is 11.5 Å². The molecule has 1 aliphatic heterocycles. The molecule has 0 radical (unpaired) electrons. The van der Waals surface area contributed by atoms with Crippen molar-refractivity contribution in [3.05, 3.63) is 47.5 Å². The van der Waals surface area contributed by atoms with Crippen molar-refractivity contribution in [3.63, 3.8) is 0 Å². The lowest BCUT2D eigenvalue weighted by Gasteiger charge is -2.29. The number of hydrogen-bond donors (Lipinski definition) is 1. The van der Waals surface area contributed by atoms with Crippen molar-refractivity contribution in [1.82, 2.24) is 0 Å². The van der Waals surface area contributed by atoms with Crippen LogP contribution in [0.15, 0.2) is 36.4 Å². The first kappa shape index (κ1) is 19.0. The summed E-state index contributed by atoms with van der Waals surface area (Å²) < 4.78 is 35.8. The predicted octanol–water partition coefficient (Wildman–Crippen LogP) is 2.67. The zero-order chi connectivity index (χ0) is 19.6. The van der Waals surface area contributed by atoms with Gasteiger partial charge < -0.3 is 14.8 Å². The molecular formula is C19H22N2O5S. The standard InChI is InChI=1S/C19H22N2O5S/c1-25-15-7-9-18(26-2)16(12-15)20-19(22)14-6-8-17-13(11-14)5-4-10-21(17)27(3,23)24/h6-9,11-12H,4-5,10H2,1-3H3,(H,20,22). The molecule has 0 atom stereocenters. The maximum absolute atomic E-state index is 12.7. The largest absolute Gasteiger partial charge is 0.497 e. The van der Waals surface area contributed by atoms with Crippen LogP contribution in [0, 0.1) is 0 Å². The number of amides is 1. The second-order valence-electron chi connectivity index (χ2n) is 6.30. The molecule has 0 unspecified atom stereocenters. The maximum Gasteiger partial charge on any atom is 0.255 e. The molecule has 0 saturated heterocycles. The minimum Gasteiger partial charge on any atom is -0.497 e. The van der Waals surface area contributed by atoms with E-state index in [1.54, 1.807) is 43.5 Å². The minimum absolute atomic E-state index is 0.305. The molecule has 3 rings (SSSR count). The zero-order valence-corrected chi connectivity index (χ0v) is 16.3. The summed E-state index contributed by atoms with van der Waals surface area (Å²) in [7, 11) is -0.265. The molecule has 0 aromatic heterocycles. The Morgan fingerprint density at radius 1 is 1.11 bits per heavy atom. The molecule has 2 aromatic rings. The molecule has 0 bridgehead atoms. The van der Waals surface area contributed by atoms with Crippen molar-refractivity contribution < 1.29 is 22.7 Å². The predicted molar refractivity (Wildman–Crippen MR) is 104 cm³/mol. The number of carbonyl (C=O) groups is 1. The first-order valence-electron chi connectivity index (χ1n) is 8.47. The van der Waals surface area contributed by atoms with Gasteiger partial charge in [0.2, 0.25) is 10.0 Å². The topological polar surface area (TPSA) is 84.9 Å². The minimum atomic E-state index is -3.34. The van der Waals surface area contributed by atoms with Gasteiger partial charge in [0.1, 0.15) is 11.5 Å². The smallest absolute Gasteiger partial charge is 0.255 e. The van der Waals surface area contributed by atoms with E-state index in [9.17, 15) is 13.2 Å². The van der Waals surface area contributed by atoms with E-state index in [2.05, 4.69) is 5.32 Å². The van der Waals surface area contributed by atoms with Crippen LogP contribution in [-0.4, -0.2) is 41.3 Å². The summed E-state index contributed by atoms with van der Waals surface area (Å²) in [5, 5.41) is 2.82. The molecule has 27 heavy (non-hydrogen) atoms. The number of carbonyl (C=O) groups excluding carboxylic acids is 1. The van der Waals surface area contributed by atoms with Gasteiger partial charge in [-0.05, 0) is 48.7 Å². The third-order valence-electron chi connectivity index (χ3n) is 4.47. The molecular weight excluding hydrogens is 368 g/mol. The summed E-state index contributed by atoms with van der Waals surface area (Å²) in [6.45, 7) is 0.457. The number of nitrogens with one attached hydrogen (secondary N) is 1. The van der Waals surface area contributed by atoms with E-state index >= 15 is 0 Å². The van der Waals surface area contributed by atoms with Crippen molar-refractivity contribution in [2.24, 2.45) is 0 Å². The normalized spacial score (nSPS) is 13.7. The Hall–Kier alpha value is -2.74. The van der Waals surface area contributed by atoms with Crippen LogP contribution in [0.25, 0.3) is 0 Å². The third kappa shape index (κ3) is 4.00. The second-order valence-corrected chi connectivity index (χ2v) is 8.21. The van der Waals surface area contributed by atoms with Gasteiger partial charge in [-0.1, -0.05) is 0 Å². The summed E-state index contributed by atoms with van der Waals surface area (Å²) in [4.78, 5) is 12.7. The lowest BCUT2D eigenvalue weighted by atomic mass is 10.0. The fourth-order valence-corrected chi connectivity index (χ4v) is 4.15. The number of methoxy groups -OCH3 is 2. The summed E-state index contributed by atoms with van der Waals surface area (Å²) in [5.41, 5.74) is 2.43. The zero-order valence-electron chi connectivity index (χ0n) is 15.5. The number of aryl methyl sites for hydroxylation is 1. The fraction of sp³-hybridized carbons (Fsp3) is 0.316. The molecule has 0 saturated carbocycles. The van der Waals surface area contributed by atoms with Gasteiger partial charge in [-0.15, -0.1) is 0 Å². The Morgan fingerprint density at radius 3 is 2.56 bits per heavy atom. The van der Waals surface area contributed by atoms with Gasteiger partial charge in [0.25, 0.3) is 5.91 Å². The van der Waals surface area contributed by atoms with E-state index in [0.29, 0.717) is 35.0 Å². The quantitative estimate of drug-likeness (QED) is 0.848. The number of nitrogens with zero attached hydrogens (tertiary/aromatic N) is 1. The van der Waals surface area contributed by atoms with Gasteiger partial charge in [-0.2, -0.15) is 0 Å². The lowest BCUT2D eigenvalue weighted by Crippen LogP contribution is -2.34. The molecule has 1 amide bonds. The van der Waals surface area contributed by atoms with E-state index in [1.165, 1.54) is 17.7 Å². The molecule has 0 fully saturated rings. The third-order valence-corrected chi connectivity index (χ3v) is 5.65. The average molecular weight is 390 g/mol. The van der Waals surface area contributed by atoms with Crippen LogP contribution in [0.3, 0.4) is 0 Å². The Labute approximate surface area is 158 Å². The number of anilines is 2. The van der Waals surface area contributed by atoms with Gasteiger partial charge >= 0.3 is 0 Å². The van der Waals surface area contributed by atoms with Crippen LogP contribution >= 0.6 is 0 Å². The second kappa shape index (κ2) is 7.48. The molecule has 1 aliphatic rings. The lowest BCUT2D eigenvalue weighted by molar-refractivity contribution is 0.102. The van der Waals surface area contributed by atoms with E-state index < -0.39 is 10.0 Å². The Morgan fingerprint density at radius 2 is 1.89 bits per heavy atom. The van der Waals surface area contributed by atoms with Gasteiger partial charge in [0.15, 0.2) is 0 Å². The fourth-order valence-electron chi connectivity index (χ4n) is 3.15. The van der Waals surface area contributed by atoms with Crippen molar-refractivity contribution in [1.29, 1.82) is 0 Å². The van der Waals surface area contributed by atoms with Crippen molar-refractivity contribution in [2.75, 3.05) is 36.6 Å². The Kier molecular flexibility index (Phi) is 5.27. The number of fused-ring (bicyclic) bond motifs is 1. The number of sulfonamides is 1. The van der Waals surface area contributed by atoms with Gasteiger partial charge in [0, 0.05) is 18.2 Å². The van der Waals surface area contributed by atoms with Crippen LogP contribution < -0.4 is 19.1 Å². The summed E-state index contributed by atoms with van der Waals surface area (Å²) in [6, 6.07) is 10.2. The highest BCUT2D eigenvalue weighted by atomic mass is 32.2. The van der Waals surface area contributed by atoms with E-state index in [1.807, 2.05) is 0 Å². The molecule has 1 N–H and O–H groups in total. The number of ether oxygens (including phenoxy) is 2. The summed E-state index contributed by atoms with van der Waals surface area (Å²) in [5.74, 6) is 0.812. The monoisotopic (exact) mass is 390 g/mol. The summed E-state index contributed by atoms with van der Waals surface area (Å²) in [6.07, 6.45) is 2.64. The molecule has 8 heteroatoms. The molecule has 0 spiro atoms. The van der Waals surface area contributed by atoms with E-state index in [-0.39, 0.29) is 5.91 Å². The van der Waals surface area contributed by atoms with E-state index in [0.717, 1.165) is 18.4 Å². The Bertz CT molecular complexity index is 972. The van der Waals surface area contributed by atoms with Crippen molar-refractivity contribution >= 4 is 27.3 Å². The van der Waals surface area contributed by atoms with Crippen molar-refractivity contribution in [3.8, 4) is 11.5 Å². The Balaban J connectivity index is 1.89. The molecule has 1 heterocycles. The van der Waals surface area contributed by atoms with E-state index in [4.69, 9.17) is 9.47 Å².